The van der Waals surface area contributed by atoms with E-state index in [0.717, 1.165) is 6.42 Å². The van der Waals surface area contributed by atoms with Crippen molar-refractivity contribution in [3.8, 4) is 11.5 Å². The zero-order valence-electron chi connectivity index (χ0n) is 11.5. The van der Waals surface area contributed by atoms with Crippen LogP contribution in [0.4, 0.5) is 0 Å². The van der Waals surface area contributed by atoms with E-state index < -0.39 is 17.6 Å². The minimum absolute atomic E-state index is 0.0516. The molecule has 106 valence electrons. The molecule has 2 unspecified atom stereocenters. The van der Waals surface area contributed by atoms with E-state index in [4.69, 9.17) is 0 Å². The van der Waals surface area contributed by atoms with Crippen LogP contribution < -0.4 is 5.32 Å². The maximum atomic E-state index is 11.4. The van der Waals surface area contributed by atoms with Crippen molar-refractivity contribution in [3.63, 3.8) is 0 Å². The largest absolute Gasteiger partial charge is 0.507 e. The molecule has 0 aliphatic rings. The highest BCUT2D eigenvalue weighted by molar-refractivity contribution is 5.78. The molecule has 0 aliphatic heterocycles. The fraction of sp³-hybridized carbons (Fsp3) is 0.500. The van der Waals surface area contributed by atoms with Crippen LogP contribution in [-0.2, 0) is 4.79 Å². The zero-order valence-corrected chi connectivity index (χ0v) is 11.5. The van der Waals surface area contributed by atoms with Crippen molar-refractivity contribution in [3.05, 3.63) is 23.8 Å². The molecule has 0 spiro atoms. The normalized spacial score (nSPS) is 15.7. The summed E-state index contributed by atoms with van der Waals surface area (Å²) < 4.78 is 0. The lowest BCUT2D eigenvalue weighted by Gasteiger charge is -2.30. The number of carbonyl (C=O) groups is 1. The SMILES string of the molecule is CCCC(C)(NC(C)c1c(O)cccc1O)C(=O)O. The molecule has 2 atom stereocenters. The van der Waals surface area contributed by atoms with E-state index in [2.05, 4.69) is 5.32 Å². The summed E-state index contributed by atoms with van der Waals surface area (Å²) in [4.78, 5) is 11.4. The van der Waals surface area contributed by atoms with Gasteiger partial charge in [-0.25, -0.2) is 0 Å². The van der Waals surface area contributed by atoms with Crippen LogP contribution in [0.15, 0.2) is 18.2 Å². The highest BCUT2D eigenvalue weighted by Crippen LogP contribution is 2.33. The number of nitrogens with one attached hydrogen (secondary N) is 1. The fourth-order valence-electron chi connectivity index (χ4n) is 2.28. The number of carboxylic acids is 1. The number of aliphatic carboxylic acids is 1. The highest BCUT2D eigenvalue weighted by atomic mass is 16.4. The van der Waals surface area contributed by atoms with Crippen LogP contribution in [0.3, 0.4) is 0 Å². The summed E-state index contributed by atoms with van der Waals surface area (Å²) in [7, 11) is 0. The van der Waals surface area contributed by atoms with Crippen molar-refractivity contribution >= 4 is 5.97 Å². The Labute approximate surface area is 112 Å². The summed E-state index contributed by atoms with van der Waals surface area (Å²) in [5.74, 6) is -1.05. The second-order valence-corrected chi connectivity index (χ2v) is 4.96. The first-order valence-electron chi connectivity index (χ1n) is 6.33. The predicted octanol–water partition coefficient (Wildman–Crippen LogP) is 2.39. The molecular formula is C14H21NO4. The Balaban J connectivity index is 3.01. The van der Waals surface area contributed by atoms with Gasteiger partial charge in [0.25, 0.3) is 0 Å². The average Bonchev–Trinajstić information content (AvgIpc) is 2.28. The Morgan fingerprint density at radius 1 is 1.37 bits per heavy atom. The second-order valence-electron chi connectivity index (χ2n) is 4.96. The summed E-state index contributed by atoms with van der Waals surface area (Å²) in [6, 6.07) is 3.98. The first-order chi connectivity index (χ1) is 8.81. The molecule has 5 heteroatoms. The molecule has 1 aromatic carbocycles. The first kappa shape index (κ1) is 15.3. The molecule has 1 aromatic rings. The van der Waals surface area contributed by atoms with Crippen molar-refractivity contribution in [2.24, 2.45) is 0 Å². The van der Waals surface area contributed by atoms with Crippen molar-refractivity contribution in [2.75, 3.05) is 0 Å². The second kappa shape index (κ2) is 5.93. The lowest BCUT2D eigenvalue weighted by molar-refractivity contribution is -0.144. The van der Waals surface area contributed by atoms with Gasteiger partial charge in [-0.2, -0.15) is 0 Å². The van der Waals surface area contributed by atoms with Gasteiger partial charge >= 0.3 is 5.97 Å². The van der Waals surface area contributed by atoms with Crippen LogP contribution >= 0.6 is 0 Å². The Bertz CT molecular complexity index is 441. The number of benzene rings is 1. The maximum absolute atomic E-state index is 11.4. The van der Waals surface area contributed by atoms with Crippen LogP contribution in [0.1, 0.15) is 45.2 Å². The molecule has 0 saturated heterocycles. The van der Waals surface area contributed by atoms with Crippen molar-refractivity contribution in [1.29, 1.82) is 0 Å². The molecule has 5 nitrogen and oxygen atoms in total. The summed E-state index contributed by atoms with van der Waals surface area (Å²) in [5.41, 5.74) is -0.783. The molecule has 0 fully saturated rings. The lowest BCUT2D eigenvalue weighted by atomic mass is 9.93. The molecule has 0 aromatic heterocycles. The van der Waals surface area contributed by atoms with E-state index >= 15 is 0 Å². The Morgan fingerprint density at radius 3 is 2.32 bits per heavy atom. The smallest absolute Gasteiger partial charge is 0.323 e. The number of hydrogen-bond donors (Lipinski definition) is 4. The molecule has 0 aliphatic carbocycles. The van der Waals surface area contributed by atoms with Gasteiger partial charge in [0.1, 0.15) is 17.0 Å². The van der Waals surface area contributed by atoms with Gasteiger partial charge in [0.2, 0.25) is 0 Å². The number of phenols is 2. The van der Waals surface area contributed by atoms with Crippen molar-refractivity contribution in [2.45, 2.75) is 45.2 Å². The van der Waals surface area contributed by atoms with Gasteiger partial charge in [-0.05, 0) is 32.4 Å². The van der Waals surface area contributed by atoms with Crippen molar-refractivity contribution in [1.82, 2.24) is 5.32 Å². The summed E-state index contributed by atoms with van der Waals surface area (Å²) in [6.07, 6.45) is 1.18. The summed E-state index contributed by atoms with van der Waals surface area (Å²) in [6.45, 7) is 5.23. The highest BCUT2D eigenvalue weighted by Gasteiger charge is 2.34. The van der Waals surface area contributed by atoms with Crippen LogP contribution in [0.25, 0.3) is 0 Å². The Hall–Kier alpha value is -1.75. The topological polar surface area (TPSA) is 89.8 Å². The molecule has 4 N–H and O–H groups in total. The van der Waals surface area contributed by atoms with Crippen LogP contribution in [-0.4, -0.2) is 26.8 Å². The van der Waals surface area contributed by atoms with Gasteiger partial charge in [0, 0.05) is 6.04 Å². The van der Waals surface area contributed by atoms with Crippen LogP contribution in [0.5, 0.6) is 11.5 Å². The Kier molecular flexibility index (Phi) is 4.78. The standard InChI is InChI=1S/C14H21NO4/c1-4-8-14(3,13(18)19)15-9(2)12-10(16)6-5-7-11(12)17/h5-7,9,15-17H,4,8H2,1-3H3,(H,18,19). The summed E-state index contributed by atoms with van der Waals surface area (Å²) >= 11 is 0. The molecule has 0 heterocycles. The van der Waals surface area contributed by atoms with E-state index in [1.54, 1.807) is 13.8 Å². The Morgan fingerprint density at radius 2 is 1.89 bits per heavy atom. The van der Waals surface area contributed by atoms with Gasteiger partial charge in [0.05, 0.1) is 5.56 Å². The molecule has 1 rings (SSSR count). The fourth-order valence-corrected chi connectivity index (χ4v) is 2.28. The van der Waals surface area contributed by atoms with Gasteiger partial charge in [-0.1, -0.05) is 19.4 Å². The number of phenolic OH excluding ortho intramolecular Hbond substituents is 2. The molecule has 0 radical (unpaired) electrons. The molecular weight excluding hydrogens is 246 g/mol. The molecule has 0 bridgehead atoms. The quantitative estimate of drug-likeness (QED) is 0.635. The monoisotopic (exact) mass is 267 g/mol. The van der Waals surface area contributed by atoms with E-state index in [1.807, 2.05) is 6.92 Å². The molecule has 0 amide bonds. The number of rotatable bonds is 6. The number of aromatic hydroxyl groups is 2. The molecule has 0 saturated carbocycles. The third-order valence-corrected chi connectivity index (χ3v) is 3.25. The van der Waals surface area contributed by atoms with E-state index in [1.165, 1.54) is 18.2 Å². The number of carboxylic acid groups (broad SMARTS) is 1. The number of hydrogen-bond acceptors (Lipinski definition) is 4. The van der Waals surface area contributed by atoms with Gasteiger partial charge in [0.15, 0.2) is 0 Å². The average molecular weight is 267 g/mol. The van der Waals surface area contributed by atoms with E-state index in [0.29, 0.717) is 12.0 Å². The van der Waals surface area contributed by atoms with Crippen LogP contribution in [0.2, 0.25) is 0 Å². The lowest BCUT2D eigenvalue weighted by Crippen LogP contribution is -2.50. The van der Waals surface area contributed by atoms with Gasteiger partial charge in [-0.15, -0.1) is 0 Å². The van der Waals surface area contributed by atoms with E-state index in [9.17, 15) is 20.1 Å². The first-order valence-corrected chi connectivity index (χ1v) is 6.33. The molecule has 19 heavy (non-hydrogen) atoms. The minimum atomic E-state index is -1.09. The predicted molar refractivity (Wildman–Crippen MR) is 72.3 cm³/mol. The third kappa shape index (κ3) is 3.38. The van der Waals surface area contributed by atoms with E-state index in [-0.39, 0.29) is 11.5 Å². The minimum Gasteiger partial charge on any atom is -0.507 e. The van der Waals surface area contributed by atoms with Crippen molar-refractivity contribution < 1.29 is 20.1 Å². The third-order valence-electron chi connectivity index (χ3n) is 3.25. The zero-order chi connectivity index (χ0) is 14.6. The summed E-state index contributed by atoms with van der Waals surface area (Å²) in [5, 5.41) is 31.8. The van der Waals surface area contributed by atoms with Crippen LogP contribution in [0, 0.1) is 0 Å². The van der Waals surface area contributed by atoms with Gasteiger partial charge in [-0.3, -0.25) is 10.1 Å². The maximum Gasteiger partial charge on any atom is 0.323 e. The van der Waals surface area contributed by atoms with Gasteiger partial charge < -0.3 is 15.3 Å².